The number of carbonyl (C=O) groups is 2. The first kappa shape index (κ1) is 14.2. The van der Waals surface area contributed by atoms with Crippen LogP contribution in [0, 0.1) is 12.8 Å². The minimum Gasteiger partial charge on any atom is -0.356 e. The van der Waals surface area contributed by atoms with Gasteiger partial charge in [0.25, 0.3) is 0 Å². The molecule has 18 heavy (non-hydrogen) atoms. The fourth-order valence-corrected chi connectivity index (χ4v) is 1.55. The van der Waals surface area contributed by atoms with Crippen molar-refractivity contribution < 1.29 is 9.59 Å². The molecule has 0 saturated carbocycles. The summed E-state index contributed by atoms with van der Waals surface area (Å²) in [4.78, 5) is 22.9. The number of aryl methyl sites for hydroxylation is 1. The van der Waals surface area contributed by atoms with E-state index in [1.165, 1.54) is 6.92 Å². The topological polar surface area (TPSA) is 58.2 Å². The van der Waals surface area contributed by atoms with Crippen molar-refractivity contribution in [1.29, 1.82) is 0 Å². The molecule has 0 fully saturated rings. The normalized spacial score (nSPS) is 10.2. The second-order valence-corrected chi connectivity index (χ2v) is 4.11. The molecule has 2 N–H and O–H groups in total. The van der Waals surface area contributed by atoms with Gasteiger partial charge in [-0.3, -0.25) is 9.59 Å². The van der Waals surface area contributed by atoms with Crippen molar-refractivity contribution in [3.8, 4) is 0 Å². The van der Waals surface area contributed by atoms with E-state index in [1.807, 2.05) is 38.1 Å². The monoisotopic (exact) mass is 247 g/mol. The van der Waals surface area contributed by atoms with E-state index in [0.717, 1.165) is 11.1 Å². The molecule has 0 spiro atoms. The number of nitrogens with one attached hydrogen (secondary N) is 2. The second kappa shape index (κ2) is 6.79. The lowest BCUT2D eigenvalue weighted by molar-refractivity contribution is -0.119. The number of carbonyl (C=O) groups excluding carboxylic acids is 2. The standard InChI is InChI=1S/C14H19N2O2/c1-4-15-14(18)13(9-16-11(3)17)12-7-5-10(2)6-8-12/h5-8H,4,9H2,1-3H3,(H,15,18)(H,16,17). The minimum absolute atomic E-state index is 0.143. The number of hydrogen-bond donors (Lipinski definition) is 2. The zero-order chi connectivity index (χ0) is 13.5. The summed E-state index contributed by atoms with van der Waals surface area (Å²) in [6, 6.07) is 7.67. The first-order valence-corrected chi connectivity index (χ1v) is 6.00. The Hall–Kier alpha value is -1.84. The van der Waals surface area contributed by atoms with Crippen LogP contribution in [0.5, 0.6) is 0 Å². The molecule has 1 rings (SSSR count). The molecule has 0 aliphatic heterocycles. The average molecular weight is 247 g/mol. The van der Waals surface area contributed by atoms with Crippen LogP contribution >= 0.6 is 0 Å². The van der Waals surface area contributed by atoms with Crippen LogP contribution in [0.25, 0.3) is 0 Å². The number of benzene rings is 1. The third kappa shape index (κ3) is 4.20. The van der Waals surface area contributed by atoms with Crippen molar-refractivity contribution in [1.82, 2.24) is 10.6 Å². The molecule has 0 aliphatic rings. The zero-order valence-electron chi connectivity index (χ0n) is 11.0. The van der Waals surface area contributed by atoms with Crippen molar-refractivity contribution in [2.75, 3.05) is 13.1 Å². The second-order valence-electron chi connectivity index (χ2n) is 4.11. The van der Waals surface area contributed by atoms with Gasteiger partial charge in [-0.15, -0.1) is 0 Å². The highest BCUT2D eigenvalue weighted by atomic mass is 16.2. The highest BCUT2D eigenvalue weighted by Crippen LogP contribution is 2.15. The largest absolute Gasteiger partial charge is 0.356 e. The van der Waals surface area contributed by atoms with Gasteiger partial charge in [0.1, 0.15) is 5.92 Å². The third-order valence-electron chi connectivity index (χ3n) is 2.53. The molecule has 1 radical (unpaired) electrons. The van der Waals surface area contributed by atoms with Crippen LogP contribution in [0.2, 0.25) is 0 Å². The van der Waals surface area contributed by atoms with Crippen molar-refractivity contribution >= 4 is 11.8 Å². The first-order chi connectivity index (χ1) is 8.54. The Labute approximate surface area is 108 Å². The van der Waals surface area contributed by atoms with E-state index >= 15 is 0 Å². The summed E-state index contributed by atoms with van der Waals surface area (Å²) in [6.45, 7) is 6.09. The highest BCUT2D eigenvalue weighted by molar-refractivity contribution is 5.95. The fourth-order valence-electron chi connectivity index (χ4n) is 1.55. The van der Waals surface area contributed by atoms with Gasteiger partial charge in [0, 0.05) is 20.0 Å². The van der Waals surface area contributed by atoms with Crippen molar-refractivity contribution in [3.05, 3.63) is 41.3 Å². The van der Waals surface area contributed by atoms with Crippen molar-refractivity contribution in [3.63, 3.8) is 0 Å². The predicted molar refractivity (Wildman–Crippen MR) is 70.9 cm³/mol. The van der Waals surface area contributed by atoms with Crippen LogP contribution in [0.15, 0.2) is 24.3 Å². The Kier molecular flexibility index (Phi) is 5.36. The van der Waals surface area contributed by atoms with Gasteiger partial charge < -0.3 is 10.6 Å². The molecule has 0 heterocycles. The quantitative estimate of drug-likeness (QED) is 0.821. The molecule has 0 saturated heterocycles. The summed E-state index contributed by atoms with van der Waals surface area (Å²) < 4.78 is 0. The van der Waals surface area contributed by atoms with Crippen LogP contribution in [0.1, 0.15) is 25.0 Å². The molecule has 0 aromatic heterocycles. The zero-order valence-corrected chi connectivity index (χ0v) is 11.0. The maximum Gasteiger partial charge on any atom is 0.233 e. The Bertz CT molecular complexity index is 412. The van der Waals surface area contributed by atoms with E-state index in [4.69, 9.17) is 0 Å². The molecule has 0 aliphatic carbocycles. The van der Waals surface area contributed by atoms with Crippen LogP contribution in [-0.2, 0) is 9.59 Å². The molecule has 0 bridgehead atoms. The predicted octanol–water partition coefficient (Wildman–Crippen LogP) is 1.19. The molecule has 2 amide bonds. The minimum atomic E-state index is -0.149. The third-order valence-corrected chi connectivity index (χ3v) is 2.53. The van der Waals surface area contributed by atoms with Gasteiger partial charge in [-0.2, -0.15) is 0 Å². The molecule has 97 valence electrons. The maximum absolute atomic E-state index is 11.9. The van der Waals surface area contributed by atoms with E-state index in [9.17, 15) is 9.59 Å². The molecule has 0 atom stereocenters. The van der Waals surface area contributed by atoms with E-state index in [0.29, 0.717) is 12.5 Å². The number of rotatable bonds is 5. The van der Waals surface area contributed by atoms with E-state index < -0.39 is 0 Å². The summed E-state index contributed by atoms with van der Waals surface area (Å²) in [5.74, 6) is 0.283. The Morgan fingerprint density at radius 2 is 1.72 bits per heavy atom. The first-order valence-electron chi connectivity index (χ1n) is 6.00. The Morgan fingerprint density at radius 1 is 1.11 bits per heavy atom. The van der Waals surface area contributed by atoms with Crippen LogP contribution < -0.4 is 10.6 Å². The van der Waals surface area contributed by atoms with Gasteiger partial charge in [0.2, 0.25) is 11.8 Å². The summed E-state index contributed by atoms with van der Waals surface area (Å²) in [7, 11) is 0. The smallest absolute Gasteiger partial charge is 0.233 e. The molecule has 4 heteroatoms. The van der Waals surface area contributed by atoms with Crippen LogP contribution in [0.4, 0.5) is 0 Å². The van der Waals surface area contributed by atoms with Gasteiger partial charge in [-0.05, 0) is 19.4 Å². The molecule has 0 unspecified atom stereocenters. The SMILES string of the molecule is CCNC(=O)[C](CNC(C)=O)c1ccc(C)cc1. The summed E-state index contributed by atoms with van der Waals surface area (Å²) in [6.07, 6.45) is 0. The molecule has 4 nitrogen and oxygen atoms in total. The number of likely N-dealkylation sites (N-methyl/N-ethyl adjacent to an activating group) is 1. The van der Waals surface area contributed by atoms with E-state index in [1.54, 1.807) is 0 Å². The summed E-state index contributed by atoms with van der Waals surface area (Å²) >= 11 is 0. The lowest BCUT2D eigenvalue weighted by atomic mass is 9.97. The van der Waals surface area contributed by atoms with E-state index in [2.05, 4.69) is 10.6 Å². The Balaban J connectivity index is 2.85. The van der Waals surface area contributed by atoms with Crippen LogP contribution in [0.3, 0.4) is 0 Å². The van der Waals surface area contributed by atoms with Gasteiger partial charge in [0.15, 0.2) is 0 Å². The fraction of sp³-hybridized carbons (Fsp3) is 0.357. The van der Waals surface area contributed by atoms with Gasteiger partial charge >= 0.3 is 0 Å². The molecule has 1 aromatic carbocycles. The highest BCUT2D eigenvalue weighted by Gasteiger charge is 2.21. The van der Waals surface area contributed by atoms with E-state index in [-0.39, 0.29) is 18.4 Å². The lowest BCUT2D eigenvalue weighted by Gasteiger charge is -2.16. The van der Waals surface area contributed by atoms with Gasteiger partial charge in [0.05, 0.1) is 0 Å². The lowest BCUT2D eigenvalue weighted by Crippen LogP contribution is -2.37. The Morgan fingerprint density at radius 3 is 2.22 bits per heavy atom. The maximum atomic E-state index is 11.9. The van der Waals surface area contributed by atoms with Crippen LogP contribution in [-0.4, -0.2) is 24.9 Å². The summed E-state index contributed by atoms with van der Waals surface area (Å²) in [5, 5.41) is 5.42. The van der Waals surface area contributed by atoms with Gasteiger partial charge in [-0.25, -0.2) is 0 Å². The summed E-state index contributed by atoms with van der Waals surface area (Å²) in [5.41, 5.74) is 1.97. The number of amides is 2. The van der Waals surface area contributed by atoms with Gasteiger partial charge in [-0.1, -0.05) is 29.8 Å². The average Bonchev–Trinajstić information content (AvgIpc) is 2.31. The number of hydrogen-bond acceptors (Lipinski definition) is 2. The van der Waals surface area contributed by atoms with Crippen molar-refractivity contribution in [2.45, 2.75) is 20.8 Å². The molecular weight excluding hydrogens is 228 g/mol. The molecule has 1 aromatic rings. The molecular formula is C14H19N2O2. The van der Waals surface area contributed by atoms with Crippen molar-refractivity contribution in [2.24, 2.45) is 0 Å².